The van der Waals surface area contributed by atoms with Crippen molar-refractivity contribution in [2.45, 2.75) is 63.9 Å². The van der Waals surface area contributed by atoms with Crippen molar-refractivity contribution in [2.24, 2.45) is 5.92 Å². The van der Waals surface area contributed by atoms with Crippen molar-refractivity contribution >= 4 is 23.7 Å². The molecule has 2 aliphatic rings. The molecule has 0 aromatic carbocycles. The molecule has 0 unspecified atom stereocenters. The van der Waals surface area contributed by atoms with Crippen LogP contribution in [0.4, 0.5) is 0 Å². The SMILES string of the molecule is CC(=O)O[C@]1(C)C(=O)OC/C2=C/CN(C)CC[C@H](OC(=O)[C@](O)([C@H](C)O)C[C@@H]1C)C2=O. The van der Waals surface area contributed by atoms with Crippen molar-refractivity contribution in [1.82, 2.24) is 4.90 Å². The number of nitrogens with zero attached hydrogens (tertiary/aromatic N) is 1. The minimum absolute atomic E-state index is 0.122. The summed E-state index contributed by atoms with van der Waals surface area (Å²) in [5, 5.41) is 21.2. The molecule has 10 heteroatoms. The second kappa shape index (κ2) is 9.46. The van der Waals surface area contributed by atoms with Gasteiger partial charge in [-0.05, 0) is 27.3 Å². The number of ether oxygens (including phenoxy) is 3. The van der Waals surface area contributed by atoms with E-state index in [2.05, 4.69) is 0 Å². The van der Waals surface area contributed by atoms with E-state index in [9.17, 15) is 29.4 Å². The van der Waals surface area contributed by atoms with Crippen LogP contribution in [0.15, 0.2) is 11.6 Å². The number of carbonyl (C=O) groups excluding carboxylic acids is 4. The van der Waals surface area contributed by atoms with Crippen LogP contribution in [0.2, 0.25) is 0 Å². The highest BCUT2D eigenvalue weighted by Gasteiger charge is 2.53. The molecule has 2 heterocycles. The zero-order valence-electron chi connectivity index (χ0n) is 18.5. The molecule has 2 bridgehead atoms. The van der Waals surface area contributed by atoms with E-state index in [1.807, 2.05) is 11.9 Å². The Balaban J connectivity index is 2.56. The van der Waals surface area contributed by atoms with E-state index in [1.54, 1.807) is 6.08 Å². The number of likely N-dealkylation sites (N-methyl/N-ethyl adjacent to an activating group) is 1. The number of hydrogen-bond acceptors (Lipinski definition) is 10. The minimum Gasteiger partial charge on any atom is -0.458 e. The Morgan fingerprint density at radius 3 is 2.55 bits per heavy atom. The van der Waals surface area contributed by atoms with Crippen molar-refractivity contribution in [1.29, 1.82) is 0 Å². The Morgan fingerprint density at radius 2 is 1.97 bits per heavy atom. The molecule has 0 spiro atoms. The lowest BCUT2D eigenvalue weighted by atomic mass is 9.78. The van der Waals surface area contributed by atoms with Crippen molar-refractivity contribution < 1.29 is 43.6 Å². The van der Waals surface area contributed by atoms with E-state index in [0.717, 1.165) is 6.92 Å². The Morgan fingerprint density at radius 1 is 1.32 bits per heavy atom. The average molecular weight is 441 g/mol. The number of aliphatic hydroxyl groups is 2. The smallest absolute Gasteiger partial charge is 0.350 e. The lowest BCUT2D eigenvalue weighted by molar-refractivity contribution is -0.199. The Kier molecular flexibility index (Phi) is 7.61. The lowest BCUT2D eigenvalue weighted by Gasteiger charge is -2.39. The topological polar surface area (TPSA) is 140 Å². The predicted octanol–water partition coefficient (Wildman–Crippen LogP) is -0.254. The largest absolute Gasteiger partial charge is 0.458 e. The summed E-state index contributed by atoms with van der Waals surface area (Å²) in [5.41, 5.74) is -4.20. The van der Waals surface area contributed by atoms with Crippen LogP contribution in [0.5, 0.6) is 0 Å². The summed E-state index contributed by atoms with van der Waals surface area (Å²) in [6.07, 6.45) is -1.53. The monoisotopic (exact) mass is 441 g/mol. The van der Waals surface area contributed by atoms with Gasteiger partial charge in [-0.1, -0.05) is 13.0 Å². The summed E-state index contributed by atoms with van der Waals surface area (Å²) >= 11 is 0. The van der Waals surface area contributed by atoms with Crippen LogP contribution < -0.4 is 0 Å². The fourth-order valence-electron chi connectivity index (χ4n) is 3.62. The van der Waals surface area contributed by atoms with E-state index < -0.39 is 59.4 Å². The number of fused-ring (bicyclic) bond motifs is 2. The second-order valence-electron chi connectivity index (χ2n) is 8.52. The molecule has 0 aliphatic carbocycles. The molecule has 2 rings (SSSR count). The van der Waals surface area contributed by atoms with Gasteiger partial charge in [0.05, 0.1) is 6.10 Å². The van der Waals surface area contributed by atoms with Crippen molar-refractivity contribution in [3.8, 4) is 0 Å². The molecule has 2 N–H and O–H groups in total. The van der Waals surface area contributed by atoms with Gasteiger partial charge in [-0.3, -0.25) is 9.59 Å². The summed E-state index contributed by atoms with van der Waals surface area (Å²) in [4.78, 5) is 52.4. The number of aliphatic hydroxyl groups excluding tert-OH is 1. The third-order valence-electron chi connectivity index (χ3n) is 6.00. The highest BCUT2D eigenvalue weighted by molar-refractivity contribution is 6.01. The molecule has 0 aromatic heterocycles. The zero-order chi connectivity index (χ0) is 23.6. The van der Waals surface area contributed by atoms with E-state index in [-0.39, 0.29) is 18.6 Å². The first-order valence-electron chi connectivity index (χ1n) is 10.2. The molecular formula is C21H31NO9. The van der Waals surface area contributed by atoms with E-state index >= 15 is 0 Å². The molecule has 10 nitrogen and oxygen atoms in total. The summed E-state index contributed by atoms with van der Waals surface area (Å²) in [5.74, 6) is -4.39. The number of hydrogen-bond donors (Lipinski definition) is 2. The maximum Gasteiger partial charge on any atom is 0.350 e. The van der Waals surface area contributed by atoms with Gasteiger partial charge in [0.25, 0.3) is 0 Å². The van der Waals surface area contributed by atoms with Crippen molar-refractivity contribution in [3.63, 3.8) is 0 Å². The molecule has 0 amide bonds. The fourth-order valence-corrected chi connectivity index (χ4v) is 3.62. The summed E-state index contributed by atoms with van der Waals surface area (Å²) in [6, 6.07) is 0. The van der Waals surface area contributed by atoms with E-state index in [4.69, 9.17) is 14.2 Å². The molecule has 5 atom stereocenters. The first-order valence-corrected chi connectivity index (χ1v) is 10.2. The number of esters is 3. The molecule has 0 radical (unpaired) electrons. The lowest BCUT2D eigenvalue weighted by Crippen LogP contribution is -2.57. The van der Waals surface area contributed by atoms with Gasteiger partial charge in [-0.2, -0.15) is 0 Å². The van der Waals surface area contributed by atoms with Crippen LogP contribution in [0.1, 0.15) is 40.5 Å². The number of rotatable bonds is 2. The van der Waals surface area contributed by atoms with Crippen LogP contribution in [0, 0.1) is 5.92 Å². The Hall–Kier alpha value is -2.30. The first-order chi connectivity index (χ1) is 14.3. The van der Waals surface area contributed by atoms with E-state index in [1.165, 1.54) is 20.8 Å². The van der Waals surface area contributed by atoms with Gasteiger partial charge < -0.3 is 29.3 Å². The molecular weight excluding hydrogens is 410 g/mol. The Bertz CT molecular complexity index is 777. The van der Waals surface area contributed by atoms with Crippen LogP contribution in [-0.2, 0) is 33.4 Å². The normalized spacial score (nSPS) is 36.4. The van der Waals surface area contributed by atoms with E-state index in [0.29, 0.717) is 13.1 Å². The minimum atomic E-state index is -2.45. The summed E-state index contributed by atoms with van der Waals surface area (Å²) in [6.45, 7) is 5.55. The fraction of sp³-hybridized carbons (Fsp3) is 0.714. The van der Waals surface area contributed by atoms with Gasteiger partial charge >= 0.3 is 17.9 Å². The van der Waals surface area contributed by atoms with Gasteiger partial charge in [0.1, 0.15) is 6.61 Å². The number of carbonyl (C=O) groups is 4. The third-order valence-corrected chi connectivity index (χ3v) is 6.00. The molecule has 0 saturated carbocycles. The highest BCUT2D eigenvalue weighted by atomic mass is 16.6. The van der Waals surface area contributed by atoms with Crippen molar-refractivity contribution in [3.05, 3.63) is 11.6 Å². The van der Waals surface area contributed by atoms with Gasteiger partial charge in [-0.15, -0.1) is 0 Å². The van der Waals surface area contributed by atoms with Crippen LogP contribution in [0.25, 0.3) is 0 Å². The summed E-state index contributed by atoms with van der Waals surface area (Å²) in [7, 11) is 1.81. The average Bonchev–Trinajstić information content (AvgIpc) is 2.67. The van der Waals surface area contributed by atoms with Crippen LogP contribution in [-0.4, -0.2) is 89.0 Å². The molecule has 2 aliphatic heterocycles. The first kappa shape index (κ1) is 25.0. The quantitative estimate of drug-likeness (QED) is 0.435. The molecule has 1 saturated heterocycles. The predicted molar refractivity (Wildman–Crippen MR) is 107 cm³/mol. The molecule has 174 valence electrons. The van der Waals surface area contributed by atoms with Crippen LogP contribution in [0.3, 0.4) is 0 Å². The maximum absolute atomic E-state index is 13.0. The molecule has 1 fully saturated rings. The standard InChI is InChI=1S/C21H31NO9/c1-12-10-21(28,13(2)23)19(27)30-16-7-9-22(5)8-6-15(17(16)25)11-29-18(26)20(12,4)31-14(3)24/h6,12-13,16,23,28H,7-11H2,1-5H3/b15-6-/t12-,13-,16-,20-,21+/m0/s1. The van der Waals surface area contributed by atoms with Crippen molar-refractivity contribution in [2.75, 3.05) is 26.7 Å². The number of Topliss-reactive ketones (excluding diaryl/α,β-unsaturated/α-hetero) is 1. The van der Waals surface area contributed by atoms with Gasteiger partial charge in [0.2, 0.25) is 11.4 Å². The summed E-state index contributed by atoms with van der Waals surface area (Å²) < 4.78 is 16.0. The van der Waals surface area contributed by atoms with Crippen LogP contribution >= 0.6 is 0 Å². The zero-order valence-corrected chi connectivity index (χ0v) is 18.5. The molecule has 0 aromatic rings. The van der Waals surface area contributed by atoms with Gasteiger partial charge in [-0.25, -0.2) is 9.59 Å². The number of ketones is 1. The number of cyclic esters (lactones) is 1. The van der Waals surface area contributed by atoms with Gasteiger partial charge in [0.15, 0.2) is 11.7 Å². The van der Waals surface area contributed by atoms with Gasteiger partial charge in [0, 0.05) is 37.9 Å². The third kappa shape index (κ3) is 5.31. The Labute approximate surface area is 181 Å². The maximum atomic E-state index is 13.0. The highest BCUT2D eigenvalue weighted by Crippen LogP contribution is 2.34. The molecule has 31 heavy (non-hydrogen) atoms. The second-order valence-corrected chi connectivity index (χ2v) is 8.52.